The molecule has 1 saturated heterocycles. The first-order valence-corrected chi connectivity index (χ1v) is 19.3. The van der Waals surface area contributed by atoms with Crippen molar-refractivity contribution in [3.8, 4) is 0 Å². The number of nitrogens with two attached hydrogens (primary N) is 1. The largest absolute Gasteiger partial charge is 0.478 e. The number of allylic oxidation sites excluding steroid dienone is 1. The van der Waals surface area contributed by atoms with Crippen LogP contribution in [0.4, 0.5) is 0 Å². The molecule has 55 heavy (non-hydrogen) atoms. The molecule has 0 spiro atoms. The number of ketones is 2. The molecule has 2 fully saturated rings. The van der Waals surface area contributed by atoms with Crippen LogP contribution in [0.2, 0.25) is 0 Å². The molecule has 2 aliphatic rings. The van der Waals surface area contributed by atoms with E-state index >= 15 is 0 Å². The number of ether oxygens (including phenoxy) is 1. The molecule has 5 N–H and O–H groups in total. The molecule has 0 radical (unpaired) electrons. The third-order valence-electron chi connectivity index (χ3n) is 10.7. The lowest BCUT2D eigenvalue weighted by atomic mass is 9.75. The van der Waals surface area contributed by atoms with Gasteiger partial charge >= 0.3 is 11.9 Å². The standard InChI is InChI=1S/C41H58N4O10/c1-25(36(42)49)43-38(51)31(26-14-7-6-8-15-26)23-32(46)28-17-13-21-45(24-28)39(52)35(41(2,3)4)44-37(50)27(16-9-12-20-34(48)55-5)22-33(47)29-18-10-11-19-30(29)40(53)54/h10-12,18-20,25-28,31,35H,6-9,13-17,21-24H2,1-5H3,(H2,42,49)(H,43,51)(H,44,50)(H,53,54)/b20-12+/t25-,27+,28-,31-,35+/m0/s1. The van der Waals surface area contributed by atoms with Gasteiger partial charge in [0.25, 0.3) is 0 Å². The smallest absolute Gasteiger partial charge is 0.336 e. The maximum atomic E-state index is 14.3. The van der Waals surface area contributed by atoms with Crippen molar-refractivity contribution in [2.45, 2.75) is 110 Å². The number of carbonyl (C=O) groups is 8. The zero-order valence-corrected chi connectivity index (χ0v) is 32.8. The Morgan fingerprint density at radius 3 is 2.18 bits per heavy atom. The van der Waals surface area contributed by atoms with E-state index in [1.807, 2.05) is 0 Å². The number of nitrogens with zero attached hydrogens (tertiary/aromatic N) is 1. The van der Waals surface area contributed by atoms with Crippen LogP contribution in [0, 0.1) is 29.1 Å². The van der Waals surface area contributed by atoms with E-state index in [9.17, 15) is 43.5 Å². The van der Waals surface area contributed by atoms with E-state index in [1.165, 1.54) is 50.5 Å². The van der Waals surface area contributed by atoms with Crippen LogP contribution in [-0.4, -0.2) is 89.4 Å². The molecule has 1 aromatic carbocycles. The average molecular weight is 767 g/mol. The first kappa shape index (κ1) is 44.5. The fourth-order valence-corrected chi connectivity index (χ4v) is 7.43. The Morgan fingerprint density at radius 2 is 1.58 bits per heavy atom. The summed E-state index contributed by atoms with van der Waals surface area (Å²) in [4.78, 5) is 106. The Balaban J connectivity index is 1.80. The third-order valence-corrected chi connectivity index (χ3v) is 10.7. The van der Waals surface area contributed by atoms with Gasteiger partial charge in [-0.2, -0.15) is 0 Å². The molecule has 1 aromatic rings. The lowest BCUT2D eigenvalue weighted by Gasteiger charge is -2.39. The number of methoxy groups -OCH3 is 1. The molecule has 0 bridgehead atoms. The average Bonchev–Trinajstić information content (AvgIpc) is 3.16. The number of hydrogen-bond acceptors (Lipinski definition) is 9. The minimum absolute atomic E-state index is 0.00650. The summed E-state index contributed by atoms with van der Waals surface area (Å²) in [5.74, 6) is -6.71. The van der Waals surface area contributed by atoms with Crippen molar-refractivity contribution in [1.29, 1.82) is 0 Å². The van der Waals surface area contributed by atoms with E-state index in [0.29, 0.717) is 19.4 Å². The maximum Gasteiger partial charge on any atom is 0.336 e. The number of likely N-dealkylation sites (tertiary alicyclic amines) is 1. The Kier molecular flexibility index (Phi) is 16.8. The van der Waals surface area contributed by atoms with E-state index < -0.39 is 64.8 Å². The Hall–Kier alpha value is -4.88. The van der Waals surface area contributed by atoms with Crippen molar-refractivity contribution in [3.63, 3.8) is 0 Å². The molecule has 1 heterocycles. The van der Waals surface area contributed by atoms with Crippen LogP contribution in [0.1, 0.15) is 119 Å². The third kappa shape index (κ3) is 13.1. The number of aromatic carboxylic acids is 1. The highest BCUT2D eigenvalue weighted by Crippen LogP contribution is 2.34. The fourth-order valence-electron chi connectivity index (χ4n) is 7.43. The van der Waals surface area contributed by atoms with Gasteiger partial charge in [-0.05, 0) is 62.8 Å². The number of primary amides is 1. The van der Waals surface area contributed by atoms with Gasteiger partial charge in [-0.25, -0.2) is 9.59 Å². The van der Waals surface area contributed by atoms with Crippen molar-refractivity contribution < 1.29 is 48.2 Å². The van der Waals surface area contributed by atoms with Crippen LogP contribution in [0.5, 0.6) is 0 Å². The number of rotatable bonds is 18. The summed E-state index contributed by atoms with van der Waals surface area (Å²) in [5, 5.41) is 15.2. The van der Waals surface area contributed by atoms with Crippen molar-refractivity contribution in [1.82, 2.24) is 15.5 Å². The van der Waals surface area contributed by atoms with Crippen LogP contribution in [0.25, 0.3) is 0 Å². The summed E-state index contributed by atoms with van der Waals surface area (Å²) in [5.41, 5.74) is 4.36. The van der Waals surface area contributed by atoms with Crippen molar-refractivity contribution in [2.24, 2.45) is 34.8 Å². The summed E-state index contributed by atoms with van der Waals surface area (Å²) in [7, 11) is 1.23. The Labute approximate surface area is 323 Å². The highest BCUT2D eigenvalue weighted by molar-refractivity contribution is 6.07. The molecule has 14 nitrogen and oxygen atoms in total. The quantitative estimate of drug-likeness (QED) is 0.0956. The highest BCUT2D eigenvalue weighted by atomic mass is 16.5. The molecule has 302 valence electrons. The van der Waals surface area contributed by atoms with Gasteiger partial charge in [-0.1, -0.05) is 64.3 Å². The lowest BCUT2D eigenvalue weighted by molar-refractivity contribution is -0.143. The number of carboxylic acid groups (broad SMARTS) is 1. The van der Waals surface area contributed by atoms with E-state index in [4.69, 9.17) is 5.73 Å². The molecule has 1 aliphatic heterocycles. The molecule has 3 rings (SSSR count). The van der Waals surface area contributed by atoms with Crippen molar-refractivity contribution >= 4 is 47.1 Å². The molecule has 1 saturated carbocycles. The van der Waals surface area contributed by atoms with Gasteiger partial charge < -0.3 is 31.1 Å². The maximum absolute atomic E-state index is 14.3. The number of carbonyl (C=O) groups excluding carboxylic acids is 7. The van der Waals surface area contributed by atoms with Gasteiger partial charge in [0.1, 0.15) is 17.9 Å². The summed E-state index contributed by atoms with van der Waals surface area (Å²) in [6.45, 7) is 7.38. The van der Waals surface area contributed by atoms with Crippen LogP contribution in [0.3, 0.4) is 0 Å². The van der Waals surface area contributed by atoms with Gasteiger partial charge in [-0.3, -0.25) is 28.8 Å². The highest BCUT2D eigenvalue weighted by Gasteiger charge is 2.41. The Morgan fingerprint density at radius 1 is 0.927 bits per heavy atom. The molecular weight excluding hydrogens is 708 g/mol. The predicted molar refractivity (Wildman–Crippen MR) is 203 cm³/mol. The summed E-state index contributed by atoms with van der Waals surface area (Å²) < 4.78 is 4.63. The topological polar surface area (TPSA) is 219 Å². The van der Waals surface area contributed by atoms with E-state index in [0.717, 1.165) is 32.1 Å². The van der Waals surface area contributed by atoms with Crippen LogP contribution in [-0.2, 0) is 33.5 Å². The molecular formula is C41H58N4O10. The normalized spacial score (nSPS) is 18.7. The first-order chi connectivity index (χ1) is 25.9. The van der Waals surface area contributed by atoms with Crippen LogP contribution < -0.4 is 16.4 Å². The van der Waals surface area contributed by atoms with Crippen molar-refractivity contribution in [2.75, 3.05) is 20.2 Å². The van der Waals surface area contributed by atoms with Gasteiger partial charge in [0.2, 0.25) is 23.6 Å². The molecule has 4 amide bonds. The van der Waals surface area contributed by atoms with E-state index in [2.05, 4.69) is 15.4 Å². The van der Waals surface area contributed by atoms with Gasteiger partial charge in [0, 0.05) is 55.3 Å². The zero-order chi connectivity index (χ0) is 40.9. The van der Waals surface area contributed by atoms with Gasteiger partial charge in [0.15, 0.2) is 5.78 Å². The monoisotopic (exact) mass is 766 g/mol. The number of nitrogens with one attached hydrogen (secondary N) is 2. The number of benzene rings is 1. The fraction of sp³-hybridized carbons (Fsp3) is 0.610. The summed E-state index contributed by atoms with van der Waals surface area (Å²) in [6, 6.07) is 3.81. The molecule has 0 unspecified atom stereocenters. The zero-order valence-electron chi connectivity index (χ0n) is 32.8. The minimum Gasteiger partial charge on any atom is -0.478 e. The van der Waals surface area contributed by atoms with Gasteiger partial charge in [0.05, 0.1) is 12.7 Å². The van der Waals surface area contributed by atoms with E-state index in [-0.39, 0.29) is 66.9 Å². The molecule has 0 aromatic heterocycles. The predicted octanol–water partition coefficient (Wildman–Crippen LogP) is 4.00. The second-order valence-corrected chi connectivity index (χ2v) is 15.9. The first-order valence-electron chi connectivity index (χ1n) is 19.3. The van der Waals surface area contributed by atoms with Crippen molar-refractivity contribution in [3.05, 3.63) is 47.5 Å². The molecule has 1 aliphatic carbocycles. The number of hydrogen-bond donors (Lipinski definition) is 4. The summed E-state index contributed by atoms with van der Waals surface area (Å²) >= 11 is 0. The number of amides is 4. The second-order valence-electron chi connectivity index (χ2n) is 15.9. The lowest BCUT2D eigenvalue weighted by Crippen LogP contribution is -2.57. The minimum atomic E-state index is -1.28. The molecule has 14 heteroatoms. The summed E-state index contributed by atoms with van der Waals surface area (Å²) in [6.07, 6.45) is 8.33. The second kappa shape index (κ2) is 20.7. The van der Waals surface area contributed by atoms with Crippen LogP contribution in [0.15, 0.2) is 36.4 Å². The SMILES string of the molecule is COC(=O)/C=C/CC[C@H](CC(=O)c1ccccc1C(=O)O)C(=O)N[C@H](C(=O)N1CCC[C@H](C(=O)C[C@H](C(=O)N[C@@H](C)C(N)=O)C2CCCCC2)C1)C(C)(C)C. The van der Waals surface area contributed by atoms with E-state index in [1.54, 1.807) is 25.7 Å². The number of esters is 1. The van der Waals surface area contributed by atoms with Crippen LogP contribution >= 0.6 is 0 Å². The number of piperidine rings is 1. The number of carboxylic acids is 1. The Bertz CT molecular complexity index is 1610. The number of Topliss-reactive ketones (excluding diaryl/α,β-unsaturated/α-hetero) is 2. The van der Waals surface area contributed by atoms with Gasteiger partial charge in [-0.15, -0.1) is 0 Å². The molecule has 5 atom stereocenters.